The van der Waals surface area contributed by atoms with Crippen LogP contribution in [0.15, 0.2) is 0 Å². The maximum atomic E-state index is 12.1. The van der Waals surface area contributed by atoms with Crippen molar-refractivity contribution < 1.29 is 19.4 Å². The van der Waals surface area contributed by atoms with Crippen LogP contribution in [0.3, 0.4) is 0 Å². The number of carbonyl (C=O) groups excluding carboxylic acids is 1. The summed E-state index contributed by atoms with van der Waals surface area (Å²) < 4.78 is 5.34. The van der Waals surface area contributed by atoms with E-state index in [0.29, 0.717) is 31.9 Å². The molecule has 0 aliphatic heterocycles. The minimum atomic E-state index is -0.853. The average molecular weight is 271 g/mol. The van der Waals surface area contributed by atoms with Crippen molar-refractivity contribution in [1.29, 1.82) is 0 Å². The molecule has 0 aromatic heterocycles. The summed E-state index contributed by atoms with van der Waals surface area (Å²) in [6, 6.07) is 0. The molecule has 1 aliphatic rings. The molecular weight excluding hydrogens is 246 g/mol. The van der Waals surface area contributed by atoms with Gasteiger partial charge in [-0.1, -0.05) is 13.3 Å². The molecule has 2 N–H and O–H groups in total. The zero-order valence-electron chi connectivity index (χ0n) is 12.0. The summed E-state index contributed by atoms with van der Waals surface area (Å²) in [7, 11) is 0. The van der Waals surface area contributed by atoms with Gasteiger partial charge < -0.3 is 15.2 Å². The topological polar surface area (TPSA) is 75.6 Å². The van der Waals surface area contributed by atoms with Crippen molar-refractivity contribution >= 4 is 11.9 Å². The molecule has 0 radical (unpaired) electrons. The highest BCUT2D eigenvalue weighted by atomic mass is 16.5. The largest absolute Gasteiger partial charge is 0.481 e. The summed E-state index contributed by atoms with van der Waals surface area (Å²) in [6.07, 6.45) is 2.19. The molecule has 1 fully saturated rings. The summed E-state index contributed by atoms with van der Waals surface area (Å²) in [5.41, 5.74) is 0. The van der Waals surface area contributed by atoms with Crippen LogP contribution in [0.4, 0.5) is 0 Å². The molecule has 5 nitrogen and oxygen atoms in total. The van der Waals surface area contributed by atoms with Gasteiger partial charge in [0.25, 0.3) is 0 Å². The number of amides is 1. The first-order valence-corrected chi connectivity index (χ1v) is 7.11. The van der Waals surface area contributed by atoms with Crippen molar-refractivity contribution in [1.82, 2.24) is 5.32 Å². The van der Waals surface area contributed by atoms with E-state index in [1.54, 1.807) is 0 Å². The fourth-order valence-electron chi connectivity index (χ4n) is 2.76. The van der Waals surface area contributed by atoms with Crippen LogP contribution < -0.4 is 5.32 Å². The van der Waals surface area contributed by atoms with Crippen LogP contribution in [0.5, 0.6) is 0 Å². The summed E-state index contributed by atoms with van der Waals surface area (Å²) in [5, 5.41) is 12.0. The van der Waals surface area contributed by atoms with E-state index in [-0.39, 0.29) is 12.0 Å². The van der Waals surface area contributed by atoms with Crippen molar-refractivity contribution in [2.45, 2.75) is 46.1 Å². The Morgan fingerprint density at radius 1 is 1.32 bits per heavy atom. The van der Waals surface area contributed by atoms with Gasteiger partial charge in [-0.15, -0.1) is 0 Å². The first-order chi connectivity index (χ1) is 8.99. The molecule has 0 saturated heterocycles. The molecule has 1 saturated carbocycles. The van der Waals surface area contributed by atoms with Gasteiger partial charge in [0.2, 0.25) is 5.91 Å². The van der Waals surface area contributed by atoms with Crippen LogP contribution in [0.1, 0.15) is 40.0 Å². The highest BCUT2D eigenvalue weighted by Gasteiger charge is 2.41. The number of hydrogen-bond acceptors (Lipinski definition) is 3. The zero-order chi connectivity index (χ0) is 14.4. The number of rotatable bonds is 7. The van der Waals surface area contributed by atoms with Gasteiger partial charge >= 0.3 is 5.97 Å². The van der Waals surface area contributed by atoms with Crippen molar-refractivity contribution in [3.8, 4) is 0 Å². The number of aliphatic carboxylic acids is 1. The molecule has 0 heterocycles. The van der Waals surface area contributed by atoms with E-state index in [2.05, 4.69) is 5.32 Å². The highest BCUT2D eigenvalue weighted by Crippen LogP contribution is 2.38. The number of carbonyl (C=O) groups is 2. The van der Waals surface area contributed by atoms with Gasteiger partial charge in [0.1, 0.15) is 0 Å². The zero-order valence-corrected chi connectivity index (χ0v) is 12.0. The average Bonchev–Trinajstić information content (AvgIpc) is 2.80. The van der Waals surface area contributed by atoms with Crippen LogP contribution in [0.25, 0.3) is 0 Å². The SMILES string of the molecule is CCOC(C)CNC(=O)[C@H]1CC(CC)C[C@H]1C(=O)O. The highest BCUT2D eigenvalue weighted by molar-refractivity contribution is 5.85. The van der Waals surface area contributed by atoms with Gasteiger partial charge in [-0.2, -0.15) is 0 Å². The molecular formula is C14H25NO4. The standard InChI is InChI=1S/C14H25NO4/c1-4-10-6-11(12(7-10)14(17)18)13(16)15-8-9(3)19-5-2/h9-12H,4-8H2,1-3H3,(H,15,16)(H,17,18)/t9?,10?,11-,12+/m0/s1. The molecule has 2 unspecified atom stereocenters. The summed E-state index contributed by atoms with van der Waals surface area (Å²) in [4.78, 5) is 23.3. The first-order valence-electron chi connectivity index (χ1n) is 7.11. The minimum Gasteiger partial charge on any atom is -0.481 e. The lowest BCUT2D eigenvalue weighted by atomic mass is 9.95. The molecule has 1 rings (SSSR count). The Morgan fingerprint density at radius 2 is 1.95 bits per heavy atom. The van der Waals surface area contributed by atoms with E-state index in [0.717, 1.165) is 6.42 Å². The number of hydrogen-bond donors (Lipinski definition) is 2. The Bertz CT molecular complexity index is 319. The van der Waals surface area contributed by atoms with E-state index in [1.165, 1.54) is 0 Å². The minimum absolute atomic E-state index is 0.0411. The molecule has 1 aliphatic carbocycles. The Balaban J connectivity index is 2.52. The van der Waals surface area contributed by atoms with Gasteiger partial charge in [-0.25, -0.2) is 0 Å². The Labute approximate surface area is 114 Å². The second-order valence-corrected chi connectivity index (χ2v) is 5.31. The number of carboxylic acids is 1. The quantitative estimate of drug-likeness (QED) is 0.738. The maximum absolute atomic E-state index is 12.1. The van der Waals surface area contributed by atoms with E-state index in [4.69, 9.17) is 4.74 Å². The summed E-state index contributed by atoms with van der Waals surface area (Å²) >= 11 is 0. The fourth-order valence-corrected chi connectivity index (χ4v) is 2.76. The Morgan fingerprint density at radius 3 is 2.47 bits per heavy atom. The van der Waals surface area contributed by atoms with Gasteiger partial charge in [0, 0.05) is 13.2 Å². The van der Waals surface area contributed by atoms with Crippen molar-refractivity contribution in [2.75, 3.05) is 13.2 Å². The monoisotopic (exact) mass is 271 g/mol. The van der Waals surface area contributed by atoms with E-state index < -0.39 is 17.8 Å². The van der Waals surface area contributed by atoms with E-state index >= 15 is 0 Å². The van der Waals surface area contributed by atoms with Gasteiger partial charge in [0.05, 0.1) is 17.9 Å². The van der Waals surface area contributed by atoms with Crippen LogP contribution in [0, 0.1) is 17.8 Å². The predicted molar refractivity (Wildman–Crippen MR) is 71.7 cm³/mol. The Kier molecular flexibility index (Phi) is 6.28. The number of nitrogens with one attached hydrogen (secondary N) is 1. The van der Waals surface area contributed by atoms with Crippen LogP contribution in [0.2, 0.25) is 0 Å². The number of ether oxygens (including phenoxy) is 1. The van der Waals surface area contributed by atoms with Gasteiger partial charge in [-0.3, -0.25) is 9.59 Å². The summed E-state index contributed by atoms with van der Waals surface area (Å²) in [6.45, 7) is 6.88. The molecule has 0 spiro atoms. The molecule has 5 heteroatoms. The van der Waals surface area contributed by atoms with Crippen molar-refractivity contribution in [3.05, 3.63) is 0 Å². The van der Waals surface area contributed by atoms with E-state index in [9.17, 15) is 14.7 Å². The second kappa shape index (κ2) is 7.48. The Hall–Kier alpha value is -1.10. The normalized spacial score (nSPS) is 28.1. The van der Waals surface area contributed by atoms with E-state index in [1.807, 2.05) is 20.8 Å². The van der Waals surface area contributed by atoms with Crippen LogP contribution >= 0.6 is 0 Å². The molecule has 4 atom stereocenters. The molecule has 0 aromatic rings. The molecule has 0 bridgehead atoms. The third-order valence-corrected chi connectivity index (χ3v) is 3.91. The lowest BCUT2D eigenvalue weighted by Gasteiger charge is -2.18. The second-order valence-electron chi connectivity index (χ2n) is 5.31. The first kappa shape index (κ1) is 16.0. The van der Waals surface area contributed by atoms with Gasteiger partial charge in [0.15, 0.2) is 0 Å². The molecule has 110 valence electrons. The van der Waals surface area contributed by atoms with Crippen molar-refractivity contribution in [3.63, 3.8) is 0 Å². The van der Waals surface area contributed by atoms with Crippen LogP contribution in [-0.4, -0.2) is 36.2 Å². The van der Waals surface area contributed by atoms with Crippen LogP contribution in [-0.2, 0) is 14.3 Å². The third kappa shape index (κ3) is 4.49. The smallest absolute Gasteiger partial charge is 0.307 e. The fraction of sp³-hybridized carbons (Fsp3) is 0.857. The van der Waals surface area contributed by atoms with Crippen molar-refractivity contribution in [2.24, 2.45) is 17.8 Å². The lowest BCUT2D eigenvalue weighted by molar-refractivity contribution is -0.146. The molecule has 1 amide bonds. The molecule has 19 heavy (non-hydrogen) atoms. The lowest BCUT2D eigenvalue weighted by Crippen LogP contribution is -2.39. The maximum Gasteiger partial charge on any atom is 0.307 e. The van der Waals surface area contributed by atoms with Gasteiger partial charge in [-0.05, 0) is 32.6 Å². The number of carboxylic acid groups (broad SMARTS) is 1. The molecule has 0 aromatic carbocycles. The third-order valence-electron chi connectivity index (χ3n) is 3.91. The summed E-state index contributed by atoms with van der Waals surface area (Å²) in [5.74, 6) is -1.58. The predicted octanol–water partition coefficient (Wildman–Crippen LogP) is 1.66.